The van der Waals surface area contributed by atoms with E-state index in [1.54, 1.807) is 18.2 Å². The minimum atomic E-state index is -1.25. The zero-order valence-corrected chi connectivity index (χ0v) is 13.1. The molecular formula is C12H13BrClN3O4. The molecule has 0 spiro atoms. The number of rotatable bonds is 6. The maximum absolute atomic E-state index is 11.7. The number of nitrogens with one attached hydrogen (secondary N) is 2. The van der Waals surface area contributed by atoms with Crippen LogP contribution in [0.4, 0.5) is 10.5 Å². The normalized spacial score (nSPS) is 11.5. The number of carbonyl (C=O) groups is 3. The van der Waals surface area contributed by atoms with Gasteiger partial charge in [-0.1, -0.05) is 11.6 Å². The number of urea groups is 1. The second-order valence-electron chi connectivity index (χ2n) is 4.12. The molecule has 0 radical (unpaired) electrons. The van der Waals surface area contributed by atoms with Crippen molar-refractivity contribution in [3.05, 3.63) is 27.7 Å². The van der Waals surface area contributed by atoms with Crippen molar-refractivity contribution in [1.82, 2.24) is 5.32 Å². The van der Waals surface area contributed by atoms with Gasteiger partial charge in [-0.25, -0.2) is 9.59 Å². The van der Waals surface area contributed by atoms with Gasteiger partial charge in [-0.05, 0) is 40.5 Å². The first-order valence-electron chi connectivity index (χ1n) is 5.83. The molecule has 0 bridgehead atoms. The zero-order valence-electron chi connectivity index (χ0n) is 10.7. The first-order chi connectivity index (χ1) is 9.79. The molecule has 0 aromatic heterocycles. The third-order valence-electron chi connectivity index (χ3n) is 2.46. The molecule has 5 N–H and O–H groups in total. The lowest BCUT2D eigenvalue weighted by atomic mass is 10.1. The third-order valence-corrected chi connectivity index (χ3v) is 3.67. The van der Waals surface area contributed by atoms with E-state index < -0.39 is 23.9 Å². The molecular weight excluding hydrogens is 366 g/mol. The summed E-state index contributed by atoms with van der Waals surface area (Å²) in [4.78, 5) is 33.4. The fourth-order valence-corrected chi connectivity index (χ4v) is 1.94. The molecule has 0 saturated heterocycles. The van der Waals surface area contributed by atoms with Gasteiger partial charge < -0.3 is 21.5 Å². The van der Waals surface area contributed by atoms with E-state index >= 15 is 0 Å². The van der Waals surface area contributed by atoms with Crippen LogP contribution in [0.5, 0.6) is 0 Å². The van der Waals surface area contributed by atoms with Crippen LogP contribution in [-0.4, -0.2) is 29.1 Å². The van der Waals surface area contributed by atoms with Crippen LogP contribution >= 0.6 is 27.5 Å². The molecule has 3 amide bonds. The highest BCUT2D eigenvalue weighted by Gasteiger charge is 2.20. The molecule has 21 heavy (non-hydrogen) atoms. The predicted octanol–water partition coefficient (Wildman–Crippen LogP) is 1.94. The monoisotopic (exact) mass is 377 g/mol. The molecule has 0 aliphatic heterocycles. The maximum atomic E-state index is 11.7. The van der Waals surface area contributed by atoms with Crippen LogP contribution in [-0.2, 0) is 9.59 Å². The Morgan fingerprint density at radius 1 is 1.38 bits per heavy atom. The van der Waals surface area contributed by atoms with Crippen molar-refractivity contribution in [1.29, 1.82) is 0 Å². The van der Waals surface area contributed by atoms with Crippen molar-refractivity contribution < 1.29 is 19.5 Å². The van der Waals surface area contributed by atoms with E-state index in [-0.39, 0.29) is 12.8 Å². The third kappa shape index (κ3) is 6.01. The van der Waals surface area contributed by atoms with E-state index in [2.05, 4.69) is 26.6 Å². The largest absolute Gasteiger partial charge is 0.480 e. The summed E-state index contributed by atoms with van der Waals surface area (Å²) in [6.07, 6.45) is -0.216. The van der Waals surface area contributed by atoms with Crippen LogP contribution in [0.15, 0.2) is 22.7 Å². The van der Waals surface area contributed by atoms with E-state index in [0.717, 1.165) is 0 Å². The van der Waals surface area contributed by atoms with Crippen molar-refractivity contribution in [2.45, 2.75) is 18.9 Å². The molecule has 1 atom stereocenters. The molecule has 0 fully saturated rings. The van der Waals surface area contributed by atoms with Crippen molar-refractivity contribution in [3.8, 4) is 0 Å². The van der Waals surface area contributed by atoms with Gasteiger partial charge in [0.05, 0.1) is 5.02 Å². The van der Waals surface area contributed by atoms with Crippen LogP contribution in [0.1, 0.15) is 12.8 Å². The van der Waals surface area contributed by atoms with Gasteiger partial charge in [0, 0.05) is 16.6 Å². The van der Waals surface area contributed by atoms with Crippen LogP contribution in [0.25, 0.3) is 0 Å². The van der Waals surface area contributed by atoms with Crippen molar-refractivity contribution in [2.24, 2.45) is 5.73 Å². The molecule has 0 aliphatic rings. The molecule has 9 heteroatoms. The number of hydrogen-bond acceptors (Lipinski definition) is 3. The number of carboxylic acid groups (broad SMARTS) is 1. The van der Waals surface area contributed by atoms with Gasteiger partial charge in [0.2, 0.25) is 5.91 Å². The van der Waals surface area contributed by atoms with E-state index in [0.29, 0.717) is 15.2 Å². The summed E-state index contributed by atoms with van der Waals surface area (Å²) in [5, 5.41) is 14.2. The highest BCUT2D eigenvalue weighted by Crippen LogP contribution is 2.25. The highest BCUT2D eigenvalue weighted by molar-refractivity contribution is 9.10. The van der Waals surface area contributed by atoms with Crippen LogP contribution in [0, 0.1) is 0 Å². The Kier molecular flexibility index (Phi) is 6.44. The van der Waals surface area contributed by atoms with Crippen molar-refractivity contribution in [3.63, 3.8) is 0 Å². The van der Waals surface area contributed by atoms with E-state index in [1.165, 1.54) is 0 Å². The summed E-state index contributed by atoms with van der Waals surface area (Å²) in [6, 6.07) is 2.80. The number of benzene rings is 1. The number of carbonyl (C=O) groups excluding carboxylic acids is 2. The molecule has 7 nitrogen and oxygen atoms in total. The first kappa shape index (κ1) is 17.3. The number of nitrogens with two attached hydrogens (primary N) is 1. The van der Waals surface area contributed by atoms with Gasteiger partial charge in [0.25, 0.3) is 0 Å². The summed E-state index contributed by atoms with van der Waals surface area (Å²) in [6.45, 7) is 0. The summed E-state index contributed by atoms with van der Waals surface area (Å²) in [5.41, 5.74) is 5.38. The minimum Gasteiger partial charge on any atom is -0.480 e. The predicted molar refractivity (Wildman–Crippen MR) is 81.2 cm³/mol. The summed E-state index contributed by atoms with van der Waals surface area (Å²) in [7, 11) is 0. The summed E-state index contributed by atoms with van der Waals surface area (Å²) in [5.74, 6) is -1.88. The highest BCUT2D eigenvalue weighted by atomic mass is 79.9. The van der Waals surface area contributed by atoms with Crippen LogP contribution in [0.3, 0.4) is 0 Å². The van der Waals surface area contributed by atoms with Crippen molar-refractivity contribution >= 4 is 51.1 Å². The minimum absolute atomic E-state index is 0.0810. The van der Waals surface area contributed by atoms with E-state index in [4.69, 9.17) is 22.4 Å². The average molecular weight is 379 g/mol. The first-order valence-corrected chi connectivity index (χ1v) is 7.00. The lowest BCUT2D eigenvalue weighted by Gasteiger charge is -2.14. The maximum Gasteiger partial charge on any atom is 0.326 e. The molecule has 0 saturated carbocycles. The number of amides is 3. The number of primary amides is 1. The molecule has 114 valence electrons. The molecule has 1 aromatic carbocycles. The smallest absolute Gasteiger partial charge is 0.326 e. The molecule has 1 rings (SSSR count). The van der Waals surface area contributed by atoms with Gasteiger partial charge in [0.1, 0.15) is 6.04 Å². The molecule has 0 unspecified atom stereocenters. The Hall–Kier alpha value is -1.80. The molecule has 0 heterocycles. The number of aliphatic carboxylic acids is 1. The number of carboxylic acids is 1. The van der Waals surface area contributed by atoms with Gasteiger partial charge >= 0.3 is 12.0 Å². The number of hydrogen-bond donors (Lipinski definition) is 4. The Morgan fingerprint density at radius 2 is 2.05 bits per heavy atom. The number of anilines is 1. The topological polar surface area (TPSA) is 122 Å². The van der Waals surface area contributed by atoms with E-state index in [1.807, 2.05) is 0 Å². The van der Waals surface area contributed by atoms with Crippen molar-refractivity contribution in [2.75, 3.05) is 5.32 Å². The fraction of sp³-hybridized carbons (Fsp3) is 0.250. The Morgan fingerprint density at radius 3 is 2.57 bits per heavy atom. The van der Waals surface area contributed by atoms with Gasteiger partial charge in [0.15, 0.2) is 0 Å². The summed E-state index contributed by atoms with van der Waals surface area (Å²) < 4.78 is 0.588. The number of halogens is 2. The van der Waals surface area contributed by atoms with Crippen LogP contribution < -0.4 is 16.4 Å². The molecule has 0 aliphatic carbocycles. The zero-order chi connectivity index (χ0) is 16.0. The summed E-state index contributed by atoms with van der Waals surface area (Å²) >= 11 is 9.02. The molecule has 1 aromatic rings. The lowest BCUT2D eigenvalue weighted by Crippen LogP contribution is -2.43. The quantitative estimate of drug-likeness (QED) is 0.604. The Bertz CT molecular complexity index is 567. The SMILES string of the molecule is NC(=O)CC[C@H](NC(=O)Nc1ccc(Cl)c(Br)c1)C(=O)O. The Balaban J connectivity index is 2.62. The van der Waals surface area contributed by atoms with Gasteiger partial charge in [-0.15, -0.1) is 0 Å². The van der Waals surface area contributed by atoms with Crippen LogP contribution in [0.2, 0.25) is 5.02 Å². The Labute approximate surface area is 134 Å². The van der Waals surface area contributed by atoms with Gasteiger partial charge in [-0.3, -0.25) is 4.79 Å². The second-order valence-corrected chi connectivity index (χ2v) is 5.38. The standard InChI is InChI=1S/C12H13BrClN3O4/c13-7-5-6(1-2-8(7)14)16-12(21)17-9(11(19)20)3-4-10(15)18/h1-2,5,9H,3-4H2,(H2,15,18)(H,19,20)(H2,16,17,21)/t9-/m0/s1. The second kappa shape index (κ2) is 7.84. The average Bonchev–Trinajstić information content (AvgIpc) is 2.38. The fourth-order valence-electron chi connectivity index (χ4n) is 1.44. The van der Waals surface area contributed by atoms with Gasteiger partial charge in [-0.2, -0.15) is 0 Å². The lowest BCUT2D eigenvalue weighted by molar-refractivity contribution is -0.139. The van der Waals surface area contributed by atoms with E-state index in [9.17, 15) is 14.4 Å².